The molecule has 2 aromatic carbocycles. The number of carbonyl (C=O) groups excluding carboxylic acids is 1. The standard InChI is InChI=1S/C14H9F2N3O/c15-9-2-3-10(16)12(6-9)19-14(20)8-1-4-11-13(5-8)18-7-17-11/h1-7H,(H,17,18)(H,19,20). The molecule has 0 fully saturated rings. The second-order valence-electron chi connectivity index (χ2n) is 4.21. The summed E-state index contributed by atoms with van der Waals surface area (Å²) in [6, 6.07) is 7.71. The minimum absolute atomic E-state index is 0.195. The highest BCUT2D eigenvalue weighted by atomic mass is 19.1. The van der Waals surface area contributed by atoms with E-state index in [1.54, 1.807) is 18.2 Å². The lowest BCUT2D eigenvalue weighted by molar-refractivity contribution is 0.102. The van der Waals surface area contributed by atoms with Gasteiger partial charge in [0.05, 0.1) is 23.0 Å². The number of nitrogens with zero attached hydrogens (tertiary/aromatic N) is 1. The molecule has 0 spiro atoms. The Morgan fingerprint density at radius 3 is 2.85 bits per heavy atom. The number of H-pyrrole nitrogens is 1. The van der Waals surface area contributed by atoms with Gasteiger partial charge in [-0.25, -0.2) is 13.8 Å². The Bertz CT molecular complexity index is 798. The van der Waals surface area contributed by atoms with Gasteiger partial charge in [-0.3, -0.25) is 4.79 Å². The summed E-state index contributed by atoms with van der Waals surface area (Å²) < 4.78 is 26.5. The summed E-state index contributed by atoms with van der Waals surface area (Å²) in [4.78, 5) is 18.9. The number of carbonyl (C=O) groups is 1. The number of nitrogens with one attached hydrogen (secondary N) is 2. The Hall–Kier alpha value is -2.76. The molecule has 1 aromatic heterocycles. The highest BCUT2D eigenvalue weighted by Gasteiger charge is 2.11. The van der Waals surface area contributed by atoms with Crippen molar-refractivity contribution in [3.05, 3.63) is 59.9 Å². The molecule has 0 bridgehead atoms. The van der Waals surface area contributed by atoms with E-state index in [0.717, 1.165) is 23.7 Å². The summed E-state index contributed by atoms with van der Waals surface area (Å²) >= 11 is 0. The first-order valence-corrected chi connectivity index (χ1v) is 5.83. The Balaban J connectivity index is 1.90. The van der Waals surface area contributed by atoms with Crippen molar-refractivity contribution in [2.45, 2.75) is 0 Å². The lowest BCUT2D eigenvalue weighted by Crippen LogP contribution is -2.13. The van der Waals surface area contributed by atoms with Crippen LogP contribution in [0.5, 0.6) is 0 Å². The van der Waals surface area contributed by atoms with Crippen molar-refractivity contribution in [3.8, 4) is 0 Å². The SMILES string of the molecule is O=C(Nc1cc(F)ccc1F)c1ccc2nc[nH]c2c1. The van der Waals surface area contributed by atoms with Crippen molar-refractivity contribution in [2.75, 3.05) is 5.32 Å². The molecule has 6 heteroatoms. The third-order valence-electron chi connectivity index (χ3n) is 2.86. The normalized spacial score (nSPS) is 10.7. The smallest absolute Gasteiger partial charge is 0.255 e. The van der Waals surface area contributed by atoms with E-state index in [1.807, 2.05) is 0 Å². The van der Waals surface area contributed by atoms with E-state index in [9.17, 15) is 13.6 Å². The molecule has 0 unspecified atom stereocenters. The molecule has 4 nitrogen and oxygen atoms in total. The van der Waals surface area contributed by atoms with E-state index in [2.05, 4.69) is 15.3 Å². The third kappa shape index (κ3) is 2.23. The molecule has 0 atom stereocenters. The van der Waals surface area contributed by atoms with Crippen LogP contribution in [-0.4, -0.2) is 15.9 Å². The lowest BCUT2D eigenvalue weighted by Gasteiger charge is -2.06. The molecule has 3 rings (SSSR count). The number of fused-ring (bicyclic) bond motifs is 1. The monoisotopic (exact) mass is 273 g/mol. The molecule has 1 amide bonds. The number of halogens is 2. The number of amides is 1. The second-order valence-corrected chi connectivity index (χ2v) is 4.21. The molecule has 0 saturated heterocycles. The van der Waals surface area contributed by atoms with Gasteiger partial charge in [-0.15, -0.1) is 0 Å². The zero-order valence-electron chi connectivity index (χ0n) is 10.2. The zero-order valence-corrected chi connectivity index (χ0v) is 10.2. The molecule has 0 aliphatic heterocycles. The van der Waals surface area contributed by atoms with E-state index in [4.69, 9.17) is 0 Å². The number of aromatic nitrogens is 2. The first-order valence-electron chi connectivity index (χ1n) is 5.83. The summed E-state index contributed by atoms with van der Waals surface area (Å²) in [6.07, 6.45) is 1.51. The van der Waals surface area contributed by atoms with E-state index in [-0.39, 0.29) is 5.69 Å². The van der Waals surface area contributed by atoms with Gasteiger partial charge in [0.25, 0.3) is 5.91 Å². The molecule has 0 aliphatic carbocycles. The van der Waals surface area contributed by atoms with Crippen LogP contribution in [0.25, 0.3) is 11.0 Å². The van der Waals surface area contributed by atoms with Crippen LogP contribution in [0.1, 0.15) is 10.4 Å². The van der Waals surface area contributed by atoms with Gasteiger partial charge >= 0.3 is 0 Å². The Labute approximate surface area is 112 Å². The molecule has 2 N–H and O–H groups in total. The Kier molecular flexibility index (Phi) is 2.90. The molecular formula is C14H9F2N3O. The largest absolute Gasteiger partial charge is 0.345 e. The van der Waals surface area contributed by atoms with Gasteiger partial charge in [-0.1, -0.05) is 0 Å². The number of anilines is 1. The maximum Gasteiger partial charge on any atom is 0.255 e. The minimum Gasteiger partial charge on any atom is -0.345 e. The molecule has 100 valence electrons. The van der Waals surface area contributed by atoms with Crippen molar-refractivity contribution in [3.63, 3.8) is 0 Å². The maximum atomic E-state index is 13.5. The summed E-state index contributed by atoms with van der Waals surface area (Å²) in [5.41, 5.74) is 1.54. The van der Waals surface area contributed by atoms with Crippen LogP contribution in [0.15, 0.2) is 42.7 Å². The van der Waals surface area contributed by atoms with Gasteiger partial charge in [-0.2, -0.15) is 0 Å². The summed E-state index contributed by atoms with van der Waals surface area (Å²) in [7, 11) is 0. The van der Waals surface area contributed by atoms with Crippen molar-refractivity contribution in [1.29, 1.82) is 0 Å². The molecule has 0 saturated carbocycles. The van der Waals surface area contributed by atoms with Crippen LogP contribution >= 0.6 is 0 Å². The molecule has 0 aliphatic rings. The van der Waals surface area contributed by atoms with Crippen LogP contribution in [-0.2, 0) is 0 Å². The average Bonchev–Trinajstić information content (AvgIpc) is 2.90. The summed E-state index contributed by atoms with van der Waals surface area (Å²) in [5.74, 6) is -1.83. The van der Waals surface area contributed by atoms with Gasteiger partial charge in [0.2, 0.25) is 0 Å². The van der Waals surface area contributed by atoms with Gasteiger partial charge in [0, 0.05) is 11.6 Å². The maximum absolute atomic E-state index is 13.5. The van der Waals surface area contributed by atoms with Crippen molar-refractivity contribution in [2.24, 2.45) is 0 Å². The third-order valence-corrected chi connectivity index (χ3v) is 2.86. The second kappa shape index (κ2) is 4.73. The molecule has 20 heavy (non-hydrogen) atoms. The molecule has 3 aromatic rings. The number of benzene rings is 2. The molecule has 1 heterocycles. The summed E-state index contributed by atoms with van der Waals surface area (Å²) in [6.45, 7) is 0. The van der Waals surface area contributed by atoms with Crippen molar-refractivity contribution >= 4 is 22.6 Å². The lowest BCUT2D eigenvalue weighted by atomic mass is 10.2. The van der Waals surface area contributed by atoms with E-state index >= 15 is 0 Å². The first-order chi connectivity index (χ1) is 9.63. The number of rotatable bonds is 2. The number of hydrogen-bond acceptors (Lipinski definition) is 2. The number of imidazole rings is 1. The average molecular weight is 273 g/mol. The van der Waals surface area contributed by atoms with E-state index < -0.39 is 17.5 Å². The van der Waals surface area contributed by atoms with Crippen molar-refractivity contribution in [1.82, 2.24) is 9.97 Å². The first kappa shape index (κ1) is 12.3. The van der Waals surface area contributed by atoms with Crippen LogP contribution in [0.3, 0.4) is 0 Å². The molecular weight excluding hydrogens is 264 g/mol. The van der Waals surface area contributed by atoms with Crippen molar-refractivity contribution < 1.29 is 13.6 Å². The van der Waals surface area contributed by atoms with Gasteiger partial charge in [0.15, 0.2) is 0 Å². The van der Waals surface area contributed by atoms with Crippen LogP contribution < -0.4 is 5.32 Å². The van der Waals surface area contributed by atoms with Crippen LogP contribution in [0.4, 0.5) is 14.5 Å². The van der Waals surface area contributed by atoms with Crippen LogP contribution in [0.2, 0.25) is 0 Å². The minimum atomic E-state index is -0.692. The highest BCUT2D eigenvalue weighted by molar-refractivity contribution is 6.05. The van der Waals surface area contributed by atoms with E-state index in [0.29, 0.717) is 11.1 Å². The number of hydrogen-bond donors (Lipinski definition) is 2. The predicted octanol–water partition coefficient (Wildman–Crippen LogP) is 3.09. The van der Waals surface area contributed by atoms with Gasteiger partial charge < -0.3 is 10.3 Å². The fraction of sp³-hybridized carbons (Fsp3) is 0. The molecule has 0 radical (unpaired) electrons. The zero-order chi connectivity index (χ0) is 14.1. The fourth-order valence-electron chi connectivity index (χ4n) is 1.86. The Morgan fingerprint density at radius 2 is 2.00 bits per heavy atom. The van der Waals surface area contributed by atoms with Gasteiger partial charge in [-0.05, 0) is 30.3 Å². The van der Waals surface area contributed by atoms with Gasteiger partial charge in [0.1, 0.15) is 11.6 Å². The summed E-state index contributed by atoms with van der Waals surface area (Å²) in [5, 5.41) is 2.34. The Morgan fingerprint density at radius 1 is 1.15 bits per heavy atom. The quantitative estimate of drug-likeness (QED) is 0.753. The van der Waals surface area contributed by atoms with E-state index in [1.165, 1.54) is 6.33 Å². The number of aromatic amines is 1. The predicted molar refractivity (Wildman–Crippen MR) is 70.4 cm³/mol. The highest BCUT2D eigenvalue weighted by Crippen LogP contribution is 2.17. The van der Waals surface area contributed by atoms with Crippen LogP contribution in [0, 0.1) is 11.6 Å². The fourth-order valence-corrected chi connectivity index (χ4v) is 1.86. The topological polar surface area (TPSA) is 57.8 Å².